The van der Waals surface area contributed by atoms with Crippen LogP contribution in [0.15, 0.2) is 42.6 Å². The Hall–Kier alpha value is -2.20. The zero-order chi connectivity index (χ0) is 15.4. The molecular formula is C19H20N4. The van der Waals surface area contributed by atoms with Gasteiger partial charge in [-0.3, -0.25) is 4.90 Å². The Kier molecular flexibility index (Phi) is 2.82. The van der Waals surface area contributed by atoms with Gasteiger partial charge in [-0.2, -0.15) is 5.10 Å². The predicted octanol–water partition coefficient (Wildman–Crippen LogP) is 3.30. The average molecular weight is 304 g/mol. The van der Waals surface area contributed by atoms with E-state index in [1.54, 1.807) is 0 Å². The third-order valence-corrected chi connectivity index (χ3v) is 5.38. The highest BCUT2D eigenvalue weighted by Gasteiger charge is 2.41. The summed E-state index contributed by atoms with van der Waals surface area (Å²) in [5.41, 5.74) is 6.18. The van der Waals surface area contributed by atoms with Crippen LogP contribution in [0.1, 0.15) is 41.4 Å². The van der Waals surface area contributed by atoms with Crippen molar-refractivity contribution in [3.8, 4) is 0 Å². The van der Waals surface area contributed by atoms with Gasteiger partial charge < -0.3 is 0 Å². The van der Waals surface area contributed by atoms with Crippen LogP contribution in [0, 0.1) is 6.92 Å². The van der Waals surface area contributed by atoms with Crippen LogP contribution in [-0.4, -0.2) is 25.5 Å². The van der Waals surface area contributed by atoms with Crippen LogP contribution < -0.4 is 0 Å². The SMILES string of the molecule is Cc1cc2ncc3c(n2n1)C[C@H]1CC[C@H]3N1Cc1ccccc1. The zero-order valence-corrected chi connectivity index (χ0v) is 13.3. The summed E-state index contributed by atoms with van der Waals surface area (Å²) in [7, 11) is 0. The van der Waals surface area contributed by atoms with Crippen molar-refractivity contribution in [3.05, 3.63) is 65.1 Å². The highest BCUT2D eigenvalue weighted by molar-refractivity contribution is 5.44. The molecule has 1 fully saturated rings. The quantitative estimate of drug-likeness (QED) is 0.728. The van der Waals surface area contributed by atoms with Crippen molar-refractivity contribution < 1.29 is 0 Å². The molecule has 2 aliphatic heterocycles. The number of nitrogens with zero attached hydrogens (tertiary/aromatic N) is 4. The number of fused-ring (bicyclic) bond motifs is 6. The van der Waals surface area contributed by atoms with Gasteiger partial charge in [-0.15, -0.1) is 0 Å². The van der Waals surface area contributed by atoms with E-state index >= 15 is 0 Å². The third kappa shape index (κ3) is 2.01. The Balaban J connectivity index is 1.56. The van der Waals surface area contributed by atoms with Crippen molar-refractivity contribution >= 4 is 5.65 Å². The Bertz CT molecular complexity index is 868. The first-order chi connectivity index (χ1) is 11.3. The van der Waals surface area contributed by atoms with E-state index in [-0.39, 0.29) is 0 Å². The molecule has 1 aromatic carbocycles. The minimum absolute atomic E-state index is 0.491. The van der Waals surface area contributed by atoms with Gasteiger partial charge in [0.1, 0.15) is 0 Å². The summed E-state index contributed by atoms with van der Waals surface area (Å²) >= 11 is 0. The van der Waals surface area contributed by atoms with Crippen molar-refractivity contribution in [3.63, 3.8) is 0 Å². The van der Waals surface area contributed by atoms with Gasteiger partial charge >= 0.3 is 0 Å². The van der Waals surface area contributed by atoms with Crippen LogP contribution in [-0.2, 0) is 13.0 Å². The normalized spacial score (nSPS) is 23.3. The molecule has 4 heteroatoms. The topological polar surface area (TPSA) is 33.4 Å². The number of aryl methyl sites for hydroxylation is 1. The van der Waals surface area contributed by atoms with E-state index in [0.717, 1.165) is 24.3 Å². The molecule has 4 heterocycles. The van der Waals surface area contributed by atoms with E-state index in [9.17, 15) is 0 Å². The van der Waals surface area contributed by atoms with Crippen molar-refractivity contribution in [1.82, 2.24) is 19.5 Å². The molecule has 0 saturated carbocycles. The van der Waals surface area contributed by atoms with Crippen molar-refractivity contribution in [2.75, 3.05) is 0 Å². The van der Waals surface area contributed by atoms with Gasteiger partial charge in [-0.05, 0) is 25.3 Å². The summed E-state index contributed by atoms with van der Waals surface area (Å²) in [6.45, 7) is 3.08. The van der Waals surface area contributed by atoms with Gasteiger partial charge in [-0.1, -0.05) is 30.3 Å². The summed E-state index contributed by atoms with van der Waals surface area (Å²) < 4.78 is 2.08. The largest absolute Gasteiger partial charge is 0.289 e. The lowest BCUT2D eigenvalue weighted by molar-refractivity contribution is 0.165. The fourth-order valence-electron chi connectivity index (χ4n) is 4.34. The first-order valence-corrected chi connectivity index (χ1v) is 8.43. The highest BCUT2D eigenvalue weighted by Crippen LogP contribution is 2.44. The minimum atomic E-state index is 0.491. The Labute approximate surface area is 135 Å². The van der Waals surface area contributed by atoms with Gasteiger partial charge in [0.25, 0.3) is 0 Å². The standard InChI is InChI=1S/C19H20N4/c1-13-9-19-20-11-16-17-8-7-15(10-18(16)23(19)21-13)22(17)12-14-5-3-2-4-6-14/h2-6,9,11,15,17H,7-8,10,12H2,1H3/t15-,17-/m1/s1. The molecule has 2 atom stereocenters. The molecular weight excluding hydrogens is 284 g/mol. The Morgan fingerprint density at radius 3 is 2.91 bits per heavy atom. The molecule has 23 heavy (non-hydrogen) atoms. The molecule has 116 valence electrons. The molecule has 1 saturated heterocycles. The lowest BCUT2D eigenvalue weighted by Crippen LogP contribution is -2.38. The molecule has 0 radical (unpaired) electrons. The second-order valence-corrected chi connectivity index (χ2v) is 6.82. The van der Waals surface area contributed by atoms with Crippen LogP contribution >= 0.6 is 0 Å². The second-order valence-electron chi connectivity index (χ2n) is 6.82. The van der Waals surface area contributed by atoms with Crippen molar-refractivity contribution in [2.24, 2.45) is 0 Å². The first-order valence-electron chi connectivity index (χ1n) is 8.43. The molecule has 2 aliphatic rings. The van der Waals surface area contributed by atoms with E-state index in [1.165, 1.54) is 29.7 Å². The maximum Gasteiger partial charge on any atom is 0.155 e. The van der Waals surface area contributed by atoms with E-state index in [1.807, 2.05) is 6.92 Å². The third-order valence-electron chi connectivity index (χ3n) is 5.38. The van der Waals surface area contributed by atoms with Crippen LogP contribution in [0.25, 0.3) is 5.65 Å². The van der Waals surface area contributed by atoms with Gasteiger partial charge in [0, 0.05) is 42.9 Å². The number of aromatic nitrogens is 3. The number of hydrogen-bond acceptors (Lipinski definition) is 3. The Morgan fingerprint density at radius 1 is 1.17 bits per heavy atom. The maximum atomic E-state index is 4.67. The van der Waals surface area contributed by atoms with Gasteiger partial charge in [0.2, 0.25) is 0 Å². The van der Waals surface area contributed by atoms with Crippen molar-refractivity contribution in [2.45, 2.75) is 44.8 Å². The summed E-state index contributed by atoms with van der Waals surface area (Å²) in [4.78, 5) is 7.32. The van der Waals surface area contributed by atoms with Crippen molar-refractivity contribution in [1.29, 1.82) is 0 Å². The van der Waals surface area contributed by atoms with Crippen LogP contribution in [0.5, 0.6) is 0 Å². The van der Waals surface area contributed by atoms with E-state index in [2.05, 4.69) is 62.1 Å². The number of benzene rings is 1. The average Bonchev–Trinajstić information content (AvgIpc) is 3.07. The predicted molar refractivity (Wildman–Crippen MR) is 89.2 cm³/mol. The molecule has 0 unspecified atom stereocenters. The van der Waals surface area contributed by atoms with E-state index < -0.39 is 0 Å². The van der Waals surface area contributed by atoms with Crippen LogP contribution in [0.2, 0.25) is 0 Å². The molecule has 4 nitrogen and oxygen atoms in total. The van der Waals surface area contributed by atoms with Gasteiger partial charge in [-0.25, -0.2) is 9.50 Å². The van der Waals surface area contributed by atoms with E-state index in [4.69, 9.17) is 0 Å². The van der Waals surface area contributed by atoms with E-state index in [0.29, 0.717) is 12.1 Å². The highest BCUT2D eigenvalue weighted by atomic mass is 15.3. The fraction of sp³-hybridized carbons (Fsp3) is 0.368. The molecule has 5 rings (SSSR count). The number of rotatable bonds is 2. The second kappa shape index (κ2) is 4.90. The van der Waals surface area contributed by atoms with Crippen LogP contribution in [0.4, 0.5) is 0 Å². The molecule has 0 amide bonds. The van der Waals surface area contributed by atoms with Gasteiger partial charge in [0.05, 0.1) is 11.4 Å². The molecule has 2 aromatic heterocycles. The molecule has 3 aromatic rings. The monoisotopic (exact) mass is 304 g/mol. The molecule has 0 aliphatic carbocycles. The summed E-state index contributed by atoms with van der Waals surface area (Å²) in [6, 6.07) is 14.0. The smallest absolute Gasteiger partial charge is 0.155 e. The summed E-state index contributed by atoms with van der Waals surface area (Å²) in [6.07, 6.45) is 5.68. The fourth-order valence-corrected chi connectivity index (χ4v) is 4.34. The Morgan fingerprint density at radius 2 is 2.04 bits per heavy atom. The van der Waals surface area contributed by atoms with Gasteiger partial charge in [0.15, 0.2) is 5.65 Å². The first kappa shape index (κ1) is 13.3. The van der Waals surface area contributed by atoms with Crippen LogP contribution in [0.3, 0.4) is 0 Å². The molecule has 0 N–H and O–H groups in total. The minimum Gasteiger partial charge on any atom is -0.289 e. The maximum absolute atomic E-state index is 4.67. The lowest BCUT2D eigenvalue weighted by atomic mass is 9.98. The molecule has 2 bridgehead atoms. The molecule has 0 spiro atoms. The summed E-state index contributed by atoms with van der Waals surface area (Å²) in [5, 5.41) is 4.67. The summed E-state index contributed by atoms with van der Waals surface area (Å²) in [5.74, 6) is 0. The zero-order valence-electron chi connectivity index (χ0n) is 13.3. The number of hydrogen-bond donors (Lipinski definition) is 0. The lowest BCUT2D eigenvalue weighted by Gasteiger charge is -2.36.